The summed E-state index contributed by atoms with van der Waals surface area (Å²) in [5, 5.41) is 8.60. The zero-order valence-electron chi connectivity index (χ0n) is 15.0. The minimum Gasteiger partial charge on any atom is -0.481 e. The molecule has 0 saturated heterocycles. The van der Waals surface area contributed by atoms with Gasteiger partial charge in [-0.3, -0.25) is 4.79 Å². The molecule has 3 rings (SSSR count). The number of hydrogen-bond acceptors (Lipinski definition) is 1. The van der Waals surface area contributed by atoms with E-state index in [0.717, 1.165) is 48.3 Å². The average Bonchev–Trinajstić information content (AvgIpc) is 3.40. The lowest BCUT2D eigenvalue weighted by Gasteiger charge is -2.02. The molecule has 0 radical (unpaired) electrons. The summed E-state index contributed by atoms with van der Waals surface area (Å²) >= 11 is 0. The van der Waals surface area contributed by atoms with E-state index in [1.807, 2.05) is 0 Å². The Morgan fingerprint density at radius 1 is 0.783 bits per heavy atom. The van der Waals surface area contributed by atoms with E-state index in [0.29, 0.717) is 6.42 Å². The number of carbonyl (C=O) groups is 1. The maximum Gasteiger partial charge on any atom is 0.303 e. The van der Waals surface area contributed by atoms with E-state index >= 15 is 0 Å². The molecular formula is C21H36O2. The van der Waals surface area contributed by atoms with E-state index in [2.05, 4.69) is 6.92 Å². The summed E-state index contributed by atoms with van der Waals surface area (Å²) in [5.74, 6) is 5.94. The lowest BCUT2D eigenvalue weighted by molar-refractivity contribution is -0.137. The standard InChI is InChI=1S/C21H36O2/c1-2-15-10-17(15)12-19-14-20(19)13-18-11-16(18)8-6-4-3-5-7-9-21(22)23/h15-20H,2-14H2,1H3,(H,22,23)/t15-,16-,17?,18?,19-,20+/m1/s1. The van der Waals surface area contributed by atoms with Crippen LogP contribution in [0.5, 0.6) is 0 Å². The lowest BCUT2D eigenvalue weighted by Crippen LogP contribution is -1.93. The fraction of sp³-hybridized carbons (Fsp3) is 0.952. The first kappa shape index (κ1) is 17.3. The molecule has 3 saturated carbocycles. The molecule has 0 spiro atoms. The molecule has 23 heavy (non-hydrogen) atoms. The largest absolute Gasteiger partial charge is 0.481 e. The Bertz CT molecular complexity index is 391. The maximum absolute atomic E-state index is 10.4. The van der Waals surface area contributed by atoms with Crippen molar-refractivity contribution >= 4 is 5.97 Å². The third kappa shape index (κ3) is 5.80. The van der Waals surface area contributed by atoms with Crippen molar-refractivity contribution in [3.8, 4) is 0 Å². The van der Waals surface area contributed by atoms with Gasteiger partial charge < -0.3 is 5.11 Å². The van der Waals surface area contributed by atoms with Crippen LogP contribution in [0.3, 0.4) is 0 Å². The summed E-state index contributed by atoms with van der Waals surface area (Å²) in [6, 6.07) is 0. The molecule has 1 N–H and O–H groups in total. The van der Waals surface area contributed by atoms with Crippen LogP contribution in [-0.2, 0) is 4.79 Å². The number of carboxylic acid groups (broad SMARTS) is 1. The third-order valence-corrected chi connectivity index (χ3v) is 6.91. The molecule has 3 aliphatic carbocycles. The second-order valence-electron chi connectivity index (χ2n) is 8.85. The van der Waals surface area contributed by atoms with Gasteiger partial charge in [0.2, 0.25) is 0 Å². The predicted octanol–water partition coefficient (Wildman–Crippen LogP) is 5.90. The van der Waals surface area contributed by atoms with Gasteiger partial charge in [0, 0.05) is 6.42 Å². The zero-order valence-corrected chi connectivity index (χ0v) is 15.0. The van der Waals surface area contributed by atoms with E-state index < -0.39 is 5.97 Å². The summed E-state index contributed by atoms with van der Waals surface area (Å²) in [7, 11) is 0. The second kappa shape index (κ2) is 8.03. The van der Waals surface area contributed by atoms with Crippen LogP contribution < -0.4 is 0 Å². The van der Waals surface area contributed by atoms with Crippen molar-refractivity contribution in [3.63, 3.8) is 0 Å². The molecule has 132 valence electrons. The van der Waals surface area contributed by atoms with Crippen LogP contribution in [0.1, 0.15) is 90.4 Å². The first-order valence-electron chi connectivity index (χ1n) is 10.4. The van der Waals surface area contributed by atoms with Crippen molar-refractivity contribution in [2.45, 2.75) is 90.4 Å². The smallest absolute Gasteiger partial charge is 0.303 e. The normalized spacial score (nSPS) is 37.6. The molecule has 6 atom stereocenters. The predicted molar refractivity (Wildman–Crippen MR) is 94.3 cm³/mol. The summed E-state index contributed by atoms with van der Waals surface area (Å²) in [4.78, 5) is 10.4. The molecule has 2 nitrogen and oxygen atoms in total. The van der Waals surface area contributed by atoms with Gasteiger partial charge in [-0.05, 0) is 74.0 Å². The fourth-order valence-corrected chi connectivity index (χ4v) is 4.93. The Morgan fingerprint density at radius 3 is 1.96 bits per heavy atom. The minimum absolute atomic E-state index is 0.354. The Balaban J connectivity index is 1.13. The first-order valence-corrected chi connectivity index (χ1v) is 10.4. The van der Waals surface area contributed by atoms with Gasteiger partial charge in [-0.1, -0.05) is 45.4 Å². The van der Waals surface area contributed by atoms with Crippen molar-refractivity contribution in [3.05, 3.63) is 0 Å². The molecule has 2 unspecified atom stereocenters. The molecule has 3 fully saturated rings. The molecule has 0 amide bonds. The molecule has 0 aromatic carbocycles. The monoisotopic (exact) mass is 320 g/mol. The maximum atomic E-state index is 10.4. The van der Waals surface area contributed by atoms with Gasteiger partial charge in [-0.15, -0.1) is 0 Å². The minimum atomic E-state index is -0.642. The molecule has 0 heterocycles. The highest BCUT2D eigenvalue weighted by atomic mass is 16.4. The number of aliphatic carboxylic acids is 1. The van der Waals surface area contributed by atoms with Crippen LogP contribution in [-0.4, -0.2) is 11.1 Å². The highest BCUT2D eigenvalue weighted by Gasteiger charge is 2.48. The summed E-state index contributed by atoms with van der Waals surface area (Å²) in [6.45, 7) is 2.36. The van der Waals surface area contributed by atoms with E-state index in [9.17, 15) is 4.79 Å². The number of unbranched alkanes of at least 4 members (excludes halogenated alkanes) is 4. The number of rotatable bonds is 13. The molecule has 0 aromatic rings. The van der Waals surface area contributed by atoms with Gasteiger partial charge in [0.25, 0.3) is 0 Å². The zero-order chi connectivity index (χ0) is 16.2. The van der Waals surface area contributed by atoms with Crippen molar-refractivity contribution < 1.29 is 9.90 Å². The highest BCUT2D eigenvalue weighted by Crippen LogP contribution is 2.58. The molecule has 0 aliphatic heterocycles. The highest BCUT2D eigenvalue weighted by molar-refractivity contribution is 5.66. The number of carboxylic acids is 1. The topological polar surface area (TPSA) is 37.3 Å². The van der Waals surface area contributed by atoms with Crippen LogP contribution in [0.4, 0.5) is 0 Å². The summed E-state index contributed by atoms with van der Waals surface area (Å²) in [5.41, 5.74) is 0. The Labute approximate surface area is 142 Å². The van der Waals surface area contributed by atoms with Gasteiger partial charge in [0.05, 0.1) is 0 Å². The van der Waals surface area contributed by atoms with Gasteiger partial charge in [0.15, 0.2) is 0 Å². The van der Waals surface area contributed by atoms with Crippen molar-refractivity contribution in [2.75, 3.05) is 0 Å². The second-order valence-corrected chi connectivity index (χ2v) is 8.85. The lowest BCUT2D eigenvalue weighted by atomic mass is 10.0. The van der Waals surface area contributed by atoms with Crippen molar-refractivity contribution in [1.82, 2.24) is 0 Å². The molecule has 2 heteroatoms. The quantitative estimate of drug-likeness (QED) is 0.429. The van der Waals surface area contributed by atoms with Crippen LogP contribution in [0.15, 0.2) is 0 Å². The first-order chi connectivity index (χ1) is 11.2. The summed E-state index contributed by atoms with van der Waals surface area (Å²) < 4.78 is 0. The molecule has 3 aliphatic rings. The molecule has 0 bridgehead atoms. The van der Waals surface area contributed by atoms with E-state index in [1.54, 1.807) is 19.3 Å². The van der Waals surface area contributed by atoms with E-state index in [1.165, 1.54) is 44.9 Å². The third-order valence-electron chi connectivity index (χ3n) is 6.91. The molecular weight excluding hydrogens is 284 g/mol. The van der Waals surface area contributed by atoms with Crippen molar-refractivity contribution in [2.24, 2.45) is 35.5 Å². The van der Waals surface area contributed by atoms with Gasteiger partial charge in [-0.25, -0.2) is 0 Å². The van der Waals surface area contributed by atoms with Crippen LogP contribution in [0, 0.1) is 35.5 Å². The molecule has 0 aromatic heterocycles. The Morgan fingerprint density at radius 2 is 1.30 bits per heavy atom. The van der Waals surface area contributed by atoms with Crippen LogP contribution in [0.25, 0.3) is 0 Å². The Hall–Kier alpha value is -0.530. The van der Waals surface area contributed by atoms with Crippen LogP contribution in [0.2, 0.25) is 0 Å². The summed E-state index contributed by atoms with van der Waals surface area (Å²) in [6.07, 6.45) is 16.8. The average molecular weight is 321 g/mol. The van der Waals surface area contributed by atoms with Gasteiger partial charge in [-0.2, -0.15) is 0 Å². The van der Waals surface area contributed by atoms with Crippen molar-refractivity contribution in [1.29, 1.82) is 0 Å². The van der Waals surface area contributed by atoms with Gasteiger partial charge in [0.1, 0.15) is 0 Å². The van der Waals surface area contributed by atoms with E-state index in [4.69, 9.17) is 5.11 Å². The fourth-order valence-electron chi connectivity index (χ4n) is 4.93. The SMILES string of the molecule is CC[C@@H]1CC1C[C@@H]1C[C@@H]1CC1C[C@H]1CCCCCCCC(=O)O. The van der Waals surface area contributed by atoms with Gasteiger partial charge >= 0.3 is 5.97 Å². The number of hydrogen-bond donors (Lipinski definition) is 1. The van der Waals surface area contributed by atoms with E-state index in [-0.39, 0.29) is 0 Å². The Kier molecular flexibility index (Phi) is 6.04. The van der Waals surface area contributed by atoms with Crippen LogP contribution >= 0.6 is 0 Å².